The molecule has 0 unspecified atom stereocenters. The lowest BCUT2D eigenvalue weighted by Crippen LogP contribution is -2.36. The van der Waals surface area contributed by atoms with Crippen LogP contribution < -0.4 is 10.1 Å². The third-order valence-corrected chi connectivity index (χ3v) is 4.30. The molecule has 2 rings (SSSR count). The Hall–Kier alpha value is -2.61. The summed E-state index contributed by atoms with van der Waals surface area (Å²) in [7, 11) is 3.17. The highest BCUT2D eigenvalue weighted by Gasteiger charge is 2.14. The van der Waals surface area contributed by atoms with Crippen molar-refractivity contribution in [3.05, 3.63) is 41.7 Å². The summed E-state index contributed by atoms with van der Waals surface area (Å²) in [5.41, 5.74) is 2.37. The Morgan fingerprint density at radius 3 is 2.35 bits per heavy atom. The van der Waals surface area contributed by atoms with E-state index in [-0.39, 0.29) is 24.1 Å². The molecule has 0 saturated heterocycles. The fourth-order valence-electron chi connectivity index (χ4n) is 2.17. The van der Waals surface area contributed by atoms with Crippen LogP contribution in [-0.2, 0) is 9.59 Å². The van der Waals surface area contributed by atoms with Crippen molar-refractivity contribution in [2.45, 2.75) is 19.0 Å². The van der Waals surface area contributed by atoms with Crippen molar-refractivity contribution in [1.29, 1.82) is 0 Å². The summed E-state index contributed by atoms with van der Waals surface area (Å²) in [6, 6.07) is 8.87. The highest BCUT2D eigenvalue weighted by Crippen LogP contribution is 2.16. The van der Waals surface area contributed by atoms with Gasteiger partial charge in [0.15, 0.2) is 5.16 Å². The van der Waals surface area contributed by atoms with Gasteiger partial charge in [0, 0.05) is 24.1 Å². The first-order chi connectivity index (χ1) is 12.4. The van der Waals surface area contributed by atoms with E-state index >= 15 is 0 Å². The molecule has 0 atom stereocenters. The number of hydrogen-bond donors (Lipinski definition) is 1. The van der Waals surface area contributed by atoms with Crippen LogP contribution in [0.5, 0.6) is 5.75 Å². The Labute approximate surface area is 157 Å². The molecule has 1 aromatic carbocycles. The molecule has 0 aliphatic heterocycles. The minimum absolute atomic E-state index is 0.0286. The van der Waals surface area contributed by atoms with Crippen molar-refractivity contribution in [2.24, 2.45) is 0 Å². The van der Waals surface area contributed by atoms with E-state index in [1.807, 2.05) is 19.9 Å². The van der Waals surface area contributed by atoms with Crippen molar-refractivity contribution < 1.29 is 14.3 Å². The Balaban J connectivity index is 1.82. The van der Waals surface area contributed by atoms with Gasteiger partial charge in [-0.3, -0.25) is 9.59 Å². The van der Waals surface area contributed by atoms with Crippen LogP contribution in [0.1, 0.15) is 11.4 Å². The second kappa shape index (κ2) is 9.19. The van der Waals surface area contributed by atoms with E-state index in [1.165, 1.54) is 16.7 Å². The zero-order chi connectivity index (χ0) is 19.1. The van der Waals surface area contributed by atoms with Gasteiger partial charge in [-0.1, -0.05) is 11.8 Å². The van der Waals surface area contributed by atoms with Crippen molar-refractivity contribution >= 4 is 29.3 Å². The fraction of sp³-hybridized carbons (Fsp3) is 0.333. The molecule has 0 saturated carbocycles. The lowest BCUT2D eigenvalue weighted by molar-refractivity contribution is -0.131. The highest BCUT2D eigenvalue weighted by atomic mass is 32.2. The summed E-state index contributed by atoms with van der Waals surface area (Å²) in [4.78, 5) is 34.2. The summed E-state index contributed by atoms with van der Waals surface area (Å²) >= 11 is 1.26. The minimum Gasteiger partial charge on any atom is -0.497 e. The average Bonchev–Trinajstić information content (AvgIpc) is 2.59. The number of nitrogens with one attached hydrogen (secondary N) is 1. The number of benzene rings is 1. The number of anilines is 1. The number of carbonyl (C=O) groups is 2. The molecule has 2 amide bonds. The lowest BCUT2D eigenvalue weighted by atomic mass is 10.3. The van der Waals surface area contributed by atoms with Gasteiger partial charge < -0.3 is 15.0 Å². The maximum Gasteiger partial charge on any atom is 0.243 e. The van der Waals surface area contributed by atoms with E-state index in [9.17, 15) is 9.59 Å². The number of thioether (sulfide) groups is 1. The van der Waals surface area contributed by atoms with Gasteiger partial charge in [-0.2, -0.15) is 0 Å². The van der Waals surface area contributed by atoms with Crippen LogP contribution in [-0.4, -0.2) is 53.1 Å². The SMILES string of the molecule is COc1ccc(NC(=O)CN(C)C(=O)CSc2nc(C)cc(C)n2)cc1. The molecule has 0 aliphatic rings. The molecule has 1 aromatic heterocycles. The van der Waals surface area contributed by atoms with E-state index in [0.29, 0.717) is 16.6 Å². The third kappa shape index (κ3) is 6.03. The molecule has 7 nitrogen and oxygen atoms in total. The standard InChI is InChI=1S/C18H22N4O3S/c1-12-9-13(2)20-18(19-12)26-11-17(24)22(3)10-16(23)21-14-5-7-15(25-4)8-6-14/h5-9H,10-11H2,1-4H3,(H,21,23). The molecular formula is C18H22N4O3S. The predicted octanol–water partition coefficient (Wildman–Crippen LogP) is 2.29. The summed E-state index contributed by atoms with van der Waals surface area (Å²) in [5.74, 6) is 0.456. The van der Waals surface area contributed by atoms with Gasteiger partial charge in [-0.15, -0.1) is 0 Å². The van der Waals surface area contributed by atoms with Crippen LogP contribution in [0, 0.1) is 13.8 Å². The predicted molar refractivity (Wildman–Crippen MR) is 101 cm³/mol. The maximum atomic E-state index is 12.2. The number of aryl methyl sites for hydroxylation is 2. The largest absolute Gasteiger partial charge is 0.497 e. The number of ether oxygens (including phenoxy) is 1. The average molecular weight is 374 g/mol. The Morgan fingerprint density at radius 1 is 1.15 bits per heavy atom. The Morgan fingerprint density at radius 2 is 1.77 bits per heavy atom. The van der Waals surface area contributed by atoms with Crippen LogP contribution >= 0.6 is 11.8 Å². The molecule has 8 heteroatoms. The zero-order valence-corrected chi connectivity index (χ0v) is 16.1. The van der Waals surface area contributed by atoms with E-state index in [0.717, 1.165) is 11.4 Å². The van der Waals surface area contributed by atoms with Crippen molar-refractivity contribution in [1.82, 2.24) is 14.9 Å². The Bertz CT molecular complexity index is 760. The van der Waals surface area contributed by atoms with Gasteiger partial charge in [0.2, 0.25) is 11.8 Å². The maximum absolute atomic E-state index is 12.2. The van der Waals surface area contributed by atoms with Gasteiger partial charge in [-0.05, 0) is 44.2 Å². The quantitative estimate of drug-likeness (QED) is 0.591. The van der Waals surface area contributed by atoms with Crippen LogP contribution in [0.4, 0.5) is 5.69 Å². The van der Waals surface area contributed by atoms with Gasteiger partial charge in [-0.25, -0.2) is 9.97 Å². The van der Waals surface area contributed by atoms with Crippen LogP contribution in [0.25, 0.3) is 0 Å². The number of amides is 2. The number of aromatic nitrogens is 2. The molecule has 1 N–H and O–H groups in total. The number of nitrogens with zero attached hydrogens (tertiary/aromatic N) is 3. The van der Waals surface area contributed by atoms with Crippen molar-refractivity contribution in [3.63, 3.8) is 0 Å². The van der Waals surface area contributed by atoms with E-state index < -0.39 is 0 Å². The lowest BCUT2D eigenvalue weighted by Gasteiger charge is -2.16. The van der Waals surface area contributed by atoms with Crippen LogP contribution in [0.15, 0.2) is 35.5 Å². The monoisotopic (exact) mass is 374 g/mol. The fourth-order valence-corrected chi connectivity index (χ4v) is 3.06. The summed E-state index contributed by atoms with van der Waals surface area (Å²) in [6.07, 6.45) is 0. The molecule has 2 aromatic rings. The number of carbonyl (C=O) groups excluding carboxylic acids is 2. The number of hydrogen-bond acceptors (Lipinski definition) is 6. The summed E-state index contributed by atoms with van der Waals surface area (Å²) in [6.45, 7) is 3.74. The topological polar surface area (TPSA) is 84.4 Å². The van der Waals surface area contributed by atoms with Crippen molar-refractivity contribution in [3.8, 4) is 5.75 Å². The van der Waals surface area contributed by atoms with Gasteiger partial charge in [0.25, 0.3) is 0 Å². The van der Waals surface area contributed by atoms with Gasteiger partial charge in [0.1, 0.15) is 5.75 Å². The highest BCUT2D eigenvalue weighted by molar-refractivity contribution is 7.99. The van der Waals surface area contributed by atoms with Gasteiger partial charge >= 0.3 is 0 Å². The summed E-state index contributed by atoms with van der Waals surface area (Å²) < 4.78 is 5.07. The number of methoxy groups -OCH3 is 1. The van der Waals surface area contributed by atoms with Crippen LogP contribution in [0.3, 0.4) is 0 Å². The molecule has 0 radical (unpaired) electrons. The normalized spacial score (nSPS) is 10.3. The second-order valence-electron chi connectivity index (χ2n) is 5.75. The van der Waals surface area contributed by atoms with Crippen LogP contribution in [0.2, 0.25) is 0 Å². The third-order valence-electron chi connectivity index (χ3n) is 3.47. The summed E-state index contributed by atoms with van der Waals surface area (Å²) in [5, 5.41) is 3.31. The molecule has 1 heterocycles. The molecule has 138 valence electrons. The zero-order valence-electron chi connectivity index (χ0n) is 15.3. The van der Waals surface area contributed by atoms with Crippen molar-refractivity contribution in [2.75, 3.05) is 31.8 Å². The molecule has 26 heavy (non-hydrogen) atoms. The number of likely N-dealkylation sites (N-methyl/N-ethyl adjacent to an activating group) is 1. The first-order valence-corrected chi connectivity index (χ1v) is 8.99. The second-order valence-corrected chi connectivity index (χ2v) is 6.69. The van der Waals surface area contributed by atoms with E-state index in [2.05, 4.69) is 15.3 Å². The van der Waals surface area contributed by atoms with Gasteiger partial charge in [0.05, 0.1) is 19.4 Å². The molecule has 0 bridgehead atoms. The number of rotatable bonds is 7. The molecule has 0 aliphatic carbocycles. The first kappa shape index (κ1) is 19.7. The van der Waals surface area contributed by atoms with E-state index in [4.69, 9.17) is 4.74 Å². The smallest absolute Gasteiger partial charge is 0.243 e. The molecule has 0 fully saturated rings. The molecular weight excluding hydrogens is 352 g/mol. The Kier molecular flexibility index (Phi) is 6.97. The first-order valence-electron chi connectivity index (χ1n) is 8.00. The molecule has 0 spiro atoms. The van der Waals surface area contributed by atoms with E-state index in [1.54, 1.807) is 38.4 Å². The minimum atomic E-state index is -0.265.